The van der Waals surface area contributed by atoms with Gasteiger partial charge in [-0.05, 0) is 57.3 Å². The summed E-state index contributed by atoms with van der Waals surface area (Å²) in [5.41, 5.74) is 2.88. The summed E-state index contributed by atoms with van der Waals surface area (Å²) in [6.45, 7) is 6.70. The number of rotatable bonds is 6. The highest BCUT2D eigenvalue weighted by Crippen LogP contribution is 2.25. The van der Waals surface area contributed by atoms with Crippen molar-refractivity contribution in [2.45, 2.75) is 58.2 Å². The fraction of sp³-hybridized carbons (Fsp3) is 0.647. The summed E-state index contributed by atoms with van der Waals surface area (Å²) in [7, 11) is 2.28. The molecule has 2 rings (SSSR count). The van der Waals surface area contributed by atoms with E-state index in [4.69, 9.17) is 0 Å². The van der Waals surface area contributed by atoms with Gasteiger partial charge in [0.25, 0.3) is 0 Å². The van der Waals surface area contributed by atoms with Gasteiger partial charge in [0.1, 0.15) is 0 Å². The normalized spacial score (nSPS) is 23.2. The topological polar surface area (TPSA) is 15.3 Å². The van der Waals surface area contributed by atoms with Gasteiger partial charge in [-0.15, -0.1) is 0 Å². The van der Waals surface area contributed by atoms with Crippen molar-refractivity contribution in [3.8, 4) is 0 Å². The van der Waals surface area contributed by atoms with Crippen molar-refractivity contribution in [2.75, 3.05) is 13.6 Å². The average molecular weight is 260 g/mol. The van der Waals surface area contributed by atoms with Crippen molar-refractivity contribution < 1.29 is 0 Å². The van der Waals surface area contributed by atoms with E-state index in [9.17, 15) is 0 Å². The second kappa shape index (κ2) is 7.06. The molecule has 0 heterocycles. The van der Waals surface area contributed by atoms with Gasteiger partial charge in [0.2, 0.25) is 0 Å². The SMILES string of the molecule is CCCNC1CCC(N(C)Cc2ccccc2C)C1. The summed E-state index contributed by atoms with van der Waals surface area (Å²) >= 11 is 0. The summed E-state index contributed by atoms with van der Waals surface area (Å²) in [6, 6.07) is 10.2. The lowest BCUT2D eigenvalue weighted by atomic mass is 10.1. The third-order valence-corrected chi connectivity index (χ3v) is 4.39. The van der Waals surface area contributed by atoms with Gasteiger partial charge < -0.3 is 5.32 Å². The van der Waals surface area contributed by atoms with Crippen LogP contribution in [0.2, 0.25) is 0 Å². The van der Waals surface area contributed by atoms with Crippen LogP contribution >= 0.6 is 0 Å². The van der Waals surface area contributed by atoms with Crippen LogP contribution in [-0.4, -0.2) is 30.6 Å². The number of nitrogens with one attached hydrogen (secondary N) is 1. The predicted molar refractivity (Wildman–Crippen MR) is 82.4 cm³/mol. The molecule has 0 amide bonds. The van der Waals surface area contributed by atoms with Crippen LogP contribution in [0.5, 0.6) is 0 Å². The van der Waals surface area contributed by atoms with Crippen molar-refractivity contribution in [3.63, 3.8) is 0 Å². The zero-order chi connectivity index (χ0) is 13.7. The zero-order valence-corrected chi connectivity index (χ0v) is 12.7. The maximum absolute atomic E-state index is 3.66. The molecule has 1 N–H and O–H groups in total. The molecular weight excluding hydrogens is 232 g/mol. The first-order valence-corrected chi connectivity index (χ1v) is 7.68. The Hall–Kier alpha value is -0.860. The Morgan fingerprint density at radius 2 is 2.05 bits per heavy atom. The third kappa shape index (κ3) is 4.05. The first kappa shape index (κ1) is 14.5. The van der Waals surface area contributed by atoms with Crippen LogP contribution in [0.1, 0.15) is 43.7 Å². The highest BCUT2D eigenvalue weighted by molar-refractivity contribution is 5.25. The van der Waals surface area contributed by atoms with Crippen molar-refractivity contribution in [2.24, 2.45) is 0 Å². The first-order valence-electron chi connectivity index (χ1n) is 7.68. The molecule has 1 aromatic rings. The van der Waals surface area contributed by atoms with Crippen LogP contribution in [0, 0.1) is 6.92 Å². The Morgan fingerprint density at radius 3 is 2.79 bits per heavy atom. The predicted octanol–water partition coefficient (Wildman–Crippen LogP) is 3.35. The molecule has 0 spiro atoms. The molecule has 0 saturated heterocycles. The van der Waals surface area contributed by atoms with Gasteiger partial charge in [0.05, 0.1) is 0 Å². The molecule has 1 aliphatic rings. The van der Waals surface area contributed by atoms with Gasteiger partial charge in [0, 0.05) is 18.6 Å². The van der Waals surface area contributed by atoms with Crippen LogP contribution in [-0.2, 0) is 6.54 Å². The highest BCUT2D eigenvalue weighted by atomic mass is 15.1. The lowest BCUT2D eigenvalue weighted by Gasteiger charge is -2.25. The summed E-state index contributed by atoms with van der Waals surface area (Å²) in [4.78, 5) is 2.54. The molecule has 1 saturated carbocycles. The van der Waals surface area contributed by atoms with Crippen LogP contribution in [0.3, 0.4) is 0 Å². The molecule has 0 bridgehead atoms. The minimum absolute atomic E-state index is 0.740. The van der Waals surface area contributed by atoms with Crippen LogP contribution in [0.25, 0.3) is 0 Å². The Balaban J connectivity index is 1.84. The van der Waals surface area contributed by atoms with Crippen LogP contribution in [0.4, 0.5) is 0 Å². The molecule has 0 radical (unpaired) electrons. The summed E-state index contributed by atoms with van der Waals surface area (Å²) in [5, 5.41) is 3.66. The zero-order valence-electron chi connectivity index (χ0n) is 12.7. The maximum atomic E-state index is 3.66. The van der Waals surface area contributed by atoms with Crippen LogP contribution in [0.15, 0.2) is 24.3 Å². The van der Waals surface area contributed by atoms with Crippen molar-refractivity contribution in [1.82, 2.24) is 10.2 Å². The molecule has 2 nitrogen and oxygen atoms in total. The second-order valence-corrected chi connectivity index (χ2v) is 5.96. The third-order valence-electron chi connectivity index (χ3n) is 4.39. The van der Waals surface area contributed by atoms with Gasteiger partial charge >= 0.3 is 0 Å². The molecule has 106 valence electrons. The van der Waals surface area contributed by atoms with Gasteiger partial charge in [0.15, 0.2) is 0 Å². The highest BCUT2D eigenvalue weighted by Gasteiger charge is 2.26. The molecule has 2 atom stereocenters. The molecule has 1 aliphatic carbocycles. The summed E-state index contributed by atoms with van der Waals surface area (Å²) in [5.74, 6) is 0. The van der Waals surface area contributed by atoms with E-state index >= 15 is 0 Å². The van der Waals surface area contributed by atoms with E-state index < -0.39 is 0 Å². The van der Waals surface area contributed by atoms with E-state index in [1.54, 1.807) is 0 Å². The van der Waals surface area contributed by atoms with Crippen molar-refractivity contribution in [1.29, 1.82) is 0 Å². The largest absolute Gasteiger partial charge is 0.314 e. The summed E-state index contributed by atoms with van der Waals surface area (Å²) < 4.78 is 0. The van der Waals surface area contributed by atoms with E-state index in [0.29, 0.717) is 0 Å². The molecular formula is C17H28N2. The number of benzene rings is 1. The Morgan fingerprint density at radius 1 is 1.26 bits per heavy atom. The minimum Gasteiger partial charge on any atom is -0.314 e. The lowest BCUT2D eigenvalue weighted by molar-refractivity contribution is 0.233. The standard InChI is InChI=1S/C17H28N2/c1-4-11-18-16-9-10-17(12-16)19(3)13-15-8-6-5-7-14(15)2/h5-8,16-18H,4,9-13H2,1-3H3. The number of hydrogen-bond donors (Lipinski definition) is 1. The Kier molecular flexibility index (Phi) is 5.41. The lowest BCUT2D eigenvalue weighted by Crippen LogP contribution is -2.33. The number of nitrogens with zero attached hydrogens (tertiary/aromatic N) is 1. The van der Waals surface area contributed by atoms with Gasteiger partial charge in [-0.2, -0.15) is 0 Å². The van der Waals surface area contributed by atoms with E-state index in [-0.39, 0.29) is 0 Å². The van der Waals surface area contributed by atoms with E-state index in [1.165, 1.54) is 43.4 Å². The first-order chi connectivity index (χ1) is 9.20. The monoisotopic (exact) mass is 260 g/mol. The molecule has 19 heavy (non-hydrogen) atoms. The Bertz CT molecular complexity index is 389. The molecule has 0 aromatic heterocycles. The second-order valence-electron chi connectivity index (χ2n) is 5.96. The van der Waals surface area contributed by atoms with E-state index in [1.807, 2.05) is 0 Å². The fourth-order valence-electron chi connectivity index (χ4n) is 3.08. The fourth-order valence-corrected chi connectivity index (χ4v) is 3.08. The maximum Gasteiger partial charge on any atom is 0.0236 e. The summed E-state index contributed by atoms with van der Waals surface area (Å²) in [6.07, 6.45) is 5.22. The molecule has 0 aliphatic heterocycles. The molecule has 1 aromatic carbocycles. The van der Waals surface area contributed by atoms with E-state index in [2.05, 4.69) is 55.4 Å². The average Bonchev–Trinajstić information content (AvgIpc) is 2.88. The molecule has 2 heteroatoms. The van der Waals surface area contributed by atoms with Gasteiger partial charge in [-0.25, -0.2) is 0 Å². The number of aryl methyl sites for hydroxylation is 1. The Labute approximate surface area is 118 Å². The molecule has 1 fully saturated rings. The van der Waals surface area contributed by atoms with Crippen molar-refractivity contribution >= 4 is 0 Å². The van der Waals surface area contributed by atoms with Gasteiger partial charge in [-0.1, -0.05) is 31.2 Å². The van der Waals surface area contributed by atoms with E-state index in [0.717, 1.165) is 18.6 Å². The minimum atomic E-state index is 0.740. The number of hydrogen-bond acceptors (Lipinski definition) is 2. The quantitative estimate of drug-likeness (QED) is 0.844. The van der Waals surface area contributed by atoms with Crippen molar-refractivity contribution in [3.05, 3.63) is 35.4 Å². The molecule has 2 unspecified atom stereocenters. The van der Waals surface area contributed by atoms with Crippen LogP contribution < -0.4 is 5.32 Å². The van der Waals surface area contributed by atoms with Gasteiger partial charge in [-0.3, -0.25) is 4.90 Å². The smallest absolute Gasteiger partial charge is 0.0236 e.